The molecule has 4 nitrogen and oxygen atoms in total. The van der Waals surface area contributed by atoms with Gasteiger partial charge in [0.15, 0.2) is 0 Å². The van der Waals surface area contributed by atoms with Gasteiger partial charge in [-0.05, 0) is 43.3 Å². The number of hydrogen-bond acceptors (Lipinski definition) is 3. The highest BCUT2D eigenvalue weighted by Crippen LogP contribution is 2.20. The average molecular weight is 287 g/mol. The number of phenolic OH excluding ortho intramolecular Hbond substituents is 1. The zero-order valence-electron chi connectivity index (χ0n) is 10.7. The summed E-state index contributed by atoms with van der Waals surface area (Å²) in [5.74, 6) is 0.692. The Morgan fingerprint density at radius 1 is 1.15 bits per heavy atom. The van der Waals surface area contributed by atoms with E-state index in [1.54, 1.807) is 37.3 Å². The maximum atomic E-state index is 12.6. The van der Waals surface area contributed by atoms with Gasteiger partial charge in [0.2, 0.25) is 0 Å². The van der Waals surface area contributed by atoms with Crippen LogP contribution in [0.1, 0.15) is 5.82 Å². The Morgan fingerprint density at radius 2 is 1.85 bits per heavy atom. The van der Waals surface area contributed by atoms with Gasteiger partial charge in [0.05, 0.1) is 21.6 Å². The molecule has 0 saturated heterocycles. The maximum absolute atomic E-state index is 12.6. The number of aromatic nitrogens is 2. The van der Waals surface area contributed by atoms with E-state index in [0.29, 0.717) is 27.4 Å². The van der Waals surface area contributed by atoms with Crippen molar-refractivity contribution in [3.8, 4) is 11.4 Å². The van der Waals surface area contributed by atoms with Crippen molar-refractivity contribution in [2.24, 2.45) is 0 Å². The summed E-state index contributed by atoms with van der Waals surface area (Å²) >= 11 is 6.08. The first-order chi connectivity index (χ1) is 9.58. The minimum absolute atomic E-state index is 0.149. The highest BCUT2D eigenvalue weighted by Gasteiger charge is 2.11. The van der Waals surface area contributed by atoms with Gasteiger partial charge in [-0.15, -0.1) is 0 Å². The van der Waals surface area contributed by atoms with Gasteiger partial charge in [-0.25, -0.2) is 4.98 Å². The number of nitrogens with zero attached hydrogens (tertiary/aromatic N) is 2. The molecule has 5 heteroatoms. The predicted molar refractivity (Wildman–Crippen MR) is 78.8 cm³/mol. The van der Waals surface area contributed by atoms with Crippen LogP contribution in [0.3, 0.4) is 0 Å². The molecule has 100 valence electrons. The van der Waals surface area contributed by atoms with Crippen molar-refractivity contribution in [3.05, 3.63) is 63.7 Å². The van der Waals surface area contributed by atoms with Crippen LogP contribution in [-0.4, -0.2) is 14.7 Å². The number of hydrogen-bond donors (Lipinski definition) is 1. The monoisotopic (exact) mass is 286 g/mol. The van der Waals surface area contributed by atoms with Crippen LogP contribution in [0, 0.1) is 6.92 Å². The first-order valence-corrected chi connectivity index (χ1v) is 6.43. The molecule has 1 heterocycles. The van der Waals surface area contributed by atoms with Crippen molar-refractivity contribution in [2.45, 2.75) is 6.92 Å². The average Bonchev–Trinajstić information content (AvgIpc) is 2.42. The highest BCUT2D eigenvalue weighted by molar-refractivity contribution is 6.34. The summed E-state index contributed by atoms with van der Waals surface area (Å²) in [6.45, 7) is 1.75. The second-order valence-electron chi connectivity index (χ2n) is 4.45. The van der Waals surface area contributed by atoms with Crippen LogP contribution in [0.25, 0.3) is 16.6 Å². The summed E-state index contributed by atoms with van der Waals surface area (Å²) in [6.07, 6.45) is 0. The number of fused-ring (bicyclic) bond motifs is 1. The van der Waals surface area contributed by atoms with Crippen molar-refractivity contribution >= 4 is 22.5 Å². The molecule has 0 radical (unpaired) electrons. The minimum Gasteiger partial charge on any atom is -0.508 e. The van der Waals surface area contributed by atoms with E-state index in [9.17, 15) is 9.90 Å². The third-order valence-electron chi connectivity index (χ3n) is 3.13. The minimum atomic E-state index is -0.180. The summed E-state index contributed by atoms with van der Waals surface area (Å²) in [4.78, 5) is 17.0. The third-order valence-corrected chi connectivity index (χ3v) is 3.43. The van der Waals surface area contributed by atoms with Crippen molar-refractivity contribution in [2.75, 3.05) is 0 Å². The largest absolute Gasteiger partial charge is 0.508 e. The molecule has 0 saturated carbocycles. The first-order valence-electron chi connectivity index (χ1n) is 6.05. The van der Waals surface area contributed by atoms with Gasteiger partial charge < -0.3 is 5.11 Å². The third kappa shape index (κ3) is 1.94. The molecule has 3 rings (SSSR count). The van der Waals surface area contributed by atoms with Crippen molar-refractivity contribution < 1.29 is 5.11 Å². The van der Waals surface area contributed by atoms with E-state index in [0.717, 1.165) is 0 Å². The highest BCUT2D eigenvalue weighted by atomic mass is 35.5. The maximum Gasteiger partial charge on any atom is 0.266 e. The lowest BCUT2D eigenvalue weighted by Crippen LogP contribution is -2.22. The SMILES string of the molecule is Cc1nc2c(Cl)cccc2c(=O)n1-c1ccc(O)cc1. The zero-order chi connectivity index (χ0) is 14.3. The van der Waals surface area contributed by atoms with Crippen LogP contribution in [0.4, 0.5) is 0 Å². The number of benzene rings is 2. The summed E-state index contributed by atoms with van der Waals surface area (Å²) in [6, 6.07) is 11.5. The molecule has 1 N–H and O–H groups in total. The molecule has 0 fully saturated rings. The van der Waals surface area contributed by atoms with E-state index in [-0.39, 0.29) is 11.3 Å². The number of aryl methyl sites for hydroxylation is 1. The molecular weight excluding hydrogens is 276 g/mol. The number of halogens is 1. The molecule has 1 aromatic heterocycles. The zero-order valence-corrected chi connectivity index (χ0v) is 11.4. The Labute approximate surface area is 119 Å². The Balaban J connectivity index is 2.37. The van der Waals surface area contributed by atoms with Gasteiger partial charge in [0.25, 0.3) is 5.56 Å². The van der Waals surface area contributed by atoms with Crippen LogP contribution in [0.2, 0.25) is 5.02 Å². The molecular formula is C15H11ClN2O2. The van der Waals surface area contributed by atoms with Crippen LogP contribution >= 0.6 is 11.6 Å². The fourth-order valence-electron chi connectivity index (χ4n) is 2.19. The van der Waals surface area contributed by atoms with Crippen LogP contribution < -0.4 is 5.56 Å². The fraction of sp³-hybridized carbons (Fsp3) is 0.0667. The van der Waals surface area contributed by atoms with E-state index in [2.05, 4.69) is 4.98 Å². The second kappa shape index (κ2) is 4.65. The normalized spacial score (nSPS) is 10.9. The number of rotatable bonds is 1. The van der Waals surface area contributed by atoms with E-state index < -0.39 is 0 Å². The van der Waals surface area contributed by atoms with E-state index in [4.69, 9.17) is 11.6 Å². The molecule has 0 spiro atoms. The molecule has 0 aliphatic carbocycles. The van der Waals surface area contributed by atoms with Gasteiger partial charge >= 0.3 is 0 Å². The van der Waals surface area contributed by atoms with Gasteiger partial charge in [-0.2, -0.15) is 0 Å². The fourth-order valence-corrected chi connectivity index (χ4v) is 2.40. The van der Waals surface area contributed by atoms with E-state index in [1.165, 1.54) is 16.7 Å². The van der Waals surface area contributed by atoms with Gasteiger partial charge in [0.1, 0.15) is 11.6 Å². The van der Waals surface area contributed by atoms with E-state index in [1.807, 2.05) is 0 Å². The molecule has 3 aromatic rings. The number of phenols is 1. The second-order valence-corrected chi connectivity index (χ2v) is 4.86. The molecule has 0 aliphatic rings. The Morgan fingerprint density at radius 3 is 2.55 bits per heavy atom. The summed E-state index contributed by atoms with van der Waals surface area (Å²) in [7, 11) is 0. The van der Waals surface area contributed by atoms with Gasteiger partial charge in [-0.1, -0.05) is 17.7 Å². The van der Waals surface area contributed by atoms with Crippen molar-refractivity contribution in [3.63, 3.8) is 0 Å². The predicted octanol–water partition coefficient (Wildman–Crippen LogP) is 3.05. The molecule has 0 bridgehead atoms. The van der Waals surface area contributed by atoms with Crippen molar-refractivity contribution in [1.82, 2.24) is 9.55 Å². The van der Waals surface area contributed by atoms with Crippen LogP contribution in [0.5, 0.6) is 5.75 Å². The van der Waals surface area contributed by atoms with Crippen LogP contribution in [0.15, 0.2) is 47.3 Å². The topological polar surface area (TPSA) is 55.1 Å². The lowest BCUT2D eigenvalue weighted by Gasteiger charge is -2.11. The van der Waals surface area contributed by atoms with Gasteiger partial charge in [0, 0.05) is 0 Å². The molecule has 2 aromatic carbocycles. The Kier molecular flexibility index (Phi) is 2.95. The Hall–Kier alpha value is -2.33. The smallest absolute Gasteiger partial charge is 0.266 e. The summed E-state index contributed by atoms with van der Waals surface area (Å²) < 4.78 is 1.50. The molecule has 0 atom stereocenters. The molecule has 0 amide bonds. The summed E-state index contributed by atoms with van der Waals surface area (Å²) in [5.41, 5.74) is 0.979. The lowest BCUT2D eigenvalue weighted by molar-refractivity contribution is 0.475. The number of para-hydroxylation sites is 1. The molecule has 0 unspecified atom stereocenters. The van der Waals surface area contributed by atoms with E-state index >= 15 is 0 Å². The van der Waals surface area contributed by atoms with Crippen LogP contribution in [-0.2, 0) is 0 Å². The first kappa shape index (κ1) is 12.7. The van der Waals surface area contributed by atoms with Crippen molar-refractivity contribution in [1.29, 1.82) is 0 Å². The number of aromatic hydroxyl groups is 1. The summed E-state index contributed by atoms with van der Waals surface area (Å²) in [5, 5.41) is 10.3. The molecule has 0 aliphatic heterocycles. The van der Waals surface area contributed by atoms with Gasteiger partial charge in [-0.3, -0.25) is 9.36 Å². The molecule has 20 heavy (non-hydrogen) atoms. The lowest BCUT2D eigenvalue weighted by atomic mass is 10.2. The standard InChI is InChI=1S/C15H11ClN2O2/c1-9-17-14-12(3-2-4-13(14)16)15(20)18(9)10-5-7-11(19)8-6-10/h2-8,19H,1H3. The quantitative estimate of drug-likeness (QED) is 0.748. The Bertz CT molecular complexity index is 854.